The Morgan fingerprint density at radius 3 is 2.15 bits per heavy atom. The fourth-order valence-corrected chi connectivity index (χ4v) is 3.14. The molecule has 2 nitrogen and oxygen atoms in total. The van der Waals surface area contributed by atoms with E-state index < -0.39 is 0 Å². The quantitative estimate of drug-likeness (QED) is 0.846. The molecule has 0 aliphatic carbocycles. The molecule has 0 unspecified atom stereocenters. The molecule has 2 rings (SSSR count). The van der Waals surface area contributed by atoms with Crippen LogP contribution in [0.25, 0.3) is 0 Å². The van der Waals surface area contributed by atoms with Crippen molar-refractivity contribution in [3.8, 4) is 0 Å². The summed E-state index contributed by atoms with van der Waals surface area (Å²) in [6.07, 6.45) is 2.31. The van der Waals surface area contributed by atoms with E-state index in [0.717, 1.165) is 42.6 Å². The van der Waals surface area contributed by atoms with Crippen molar-refractivity contribution in [2.75, 3.05) is 26.2 Å². The topological polar surface area (TPSA) is 15.3 Å². The Morgan fingerprint density at radius 2 is 1.65 bits per heavy atom. The van der Waals surface area contributed by atoms with Gasteiger partial charge in [0.2, 0.25) is 0 Å². The molecule has 20 heavy (non-hydrogen) atoms. The van der Waals surface area contributed by atoms with Crippen molar-refractivity contribution in [1.29, 1.82) is 0 Å². The van der Waals surface area contributed by atoms with Crippen molar-refractivity contribution in [2.45, 2.75) is 25.8 Å². The van der Waals surface area contributed by atoms with Crippen LogP contribution < -0.4 is 5.32 Å². The van der Waals surface area contributed by atoms with Crippen LogP contribution in [0.2, 0.25) is 10.0 Å². The van der Waals surface area contributed by atoms with Crippen molar-refractivity contribution in [3.05, 3.63) is 33.8 Å². The van der Waals surface area contributed by atoms with E-state index >= 15 is 0 Å². The van der Waals surface area contributed by atoms with Crippen LogP contribution in [-0.2, 0) is 0 Å². The van der Waals surface area contributed by atoms with Crippen LogP contribution in [0.3, 0.4) is 0 Å². The highest BCUT2D eigenvalue weighted by molar-refractivity contribution is 6.34. The minimum Gasteiger partial charge on any atom is -0.314 e. The molecule has 1 aliphatic rings. The highest BCUT2D eigenvalue weighted by atomic mass is 35.5. The lowest BCUT2D eigenvalue weighted by molar-refractivity contribution is 0.164. The summed E-state index contributed by atoms with van der Waals surface area (Å²) < 4.78 is 0. The van der Waals surface area contributed by atoms with Gasteiger partial charge in [0.1, 0.15) is 0 Å². The second-order valence-corrected chi connectivity index (χ2v) is 5.67. The van der Waals surface area contributed by atoms with Gasteiger partial charge >= 0.3 is 0 Å². The standard InChI is InChI=1S/C14H20Cl2N2.2ClH/c1-2-3-14(18-6-4-17-5-7-18)11-8-12(15)10-13(16)9-11;;/h8-10,14,17H,2-7H2,1H3;2*1H/t14-;;/m1../s1. The second-order valence-electron chi connectivity index (χ2n) is 4.79. The predicted molar refractivity (Wildman–Crippen MR) is 93.0 cm³/mol. The number of piperazine rings is 1. The minimum atomic E-state index is 0. The Kier molecular flexibility index (Phi) is 10.2. The molecule has 0 spiro atoms. The number of hydrogen-bond donors (Lipinski definition) is 1. The minimum absolute atomic E-state index is 0. The average molecular weight is 360 g/mol. The first-order chi connectivity index (χ1) is 8.70. The maximum Gasteiger partial charge on any atom is 0.0424 e. The van der Waals surface area contributed by atoms with Crippen molar-refractivity contribution < 1.29 is 0 Å². The lowest BCUT2D eigenvalue weighted by Gasteiger charge is -2.35. The molecule has 6 heteroatoms. The maximum absolute atomic E-state index is 6.12. The van der Waals surface area contributed by atoms with Crippen LogP contribution in [0.15, 0.2) is 18.2 Å². The maximum atomic E-state index is 6.12. The van der Waals surface area contributed by atoms with Gasteiger partial charge in [0.05, 0.1) is 0 Å². The molecule has 1 aliphatic heterocycles. The van der Waals surface area contributed by atoms with Gasteiger partial charge in [0.25, 0.3) is 0 Å². The Morgan fingerprint density at radius 1 is 1.10 bits per heavy atom. The van der Waals surface area contributed by atoms with Gasteiger partial charge < -0.3 is 5.32 Å². The summed E-state index contributed by atoms with van der Waals surface area (Å²) in [5, 5.41) is 4.85. The van der Waals surface area contributed by atoms with Gasteiger partial charge in [-0.3, -0.25) is 4.90 Å². The van der Waals surface area contributed by atoms with E-state index in [1.54, 1.807) is 6.07 Å². The first kappa shape index (κ1) is 20.3. The molecule has 116 valence electrons. The number of hydrogen-bond acceptors (Lipinski definition) is 2. The van der Waals surface area contributed by atoms with E-state index in [0.29, 0.717) is 6.04 Å². The first-order valence-corrected chi connectivity index (χ1v) is 7.37. The third-order valence-corrected chi connectivity index (χ3v) is 3.86. The van der Waals surface area contributed by atoms with Gasteiger partial charge in [-0.05, 0) is 30.2 Å². The van der Waals surface area contributed by atoms with E-state index in [1.165, 1.54) is 12.0 Å². The van der Waals surface area contributed by atoms with Crippen LogP contribution in [0, 0.1) is 0 Å². The molecular weight excluding hydrogens is 338 g/mol. The molecule has 1 heterocycles. The number of nitrogens with one attached hydrogen (secondary N) is 1. The molecule has 1 atom stereocenters. The lowest BCUT2D eigenvalue weighted by Crippen LogP contribution is -2.45. The Hall–Kier alpha value is 0.300. The Labute approximate surface area is 144 Å². The highest BCUT2D eigenvalue weighted by Crippen LogP contribution is 2.30. The normalized spacial score (nSPS) is 16.9. The van der Waals surface area contributed by atoms with E-state index in [2.05, 4.69) is 29.3 Å². The molecule has 0 radical (unpaired) electrons. The molecule has 0 amide bonds. The first-order valence-electron chi connectivity index (χ1n) is 6.61. The Balaban J connectivity index is 0.00000180. The van der Waals surface area contributed by atoms with Crippen LogP contribution in [0.1, 0.15) is 31.4 Å². The fraction of sp³-hybridized carbons (Fsp3) is 0.571. The van der Waals surface area contributed by atoms with Gasteiger partial charge in [-0.15, -0.1) is 24.8 Å². The van der Waals surface area contributed by atoms with Gasteiger partial charge in [-0.25, -0.2) is 0 Å². The number of rotatable bonds is 4. The largest absolute Gasteiger partial charge is 0.314 e. The zero-order chi connectivity index (χ0) is 13.0. The smallest absolute Gasteiger partial charge is 0.0424 e. The van der Waals surface area contributed by atoms with E-state index in [4.69, 9.17) is 23.2 Å². The van der Waals surface area contributed by atoms with E-state index in [-0.39, 0.29) is 24.8 Å². The van der Waals surface area contributed by atoms with Gasteiger partial charge in [0, 0.05) is 42.3 Å². The second kappa shape index (κ2) is 10.1. The summed E-state index contributed by atoms with van der Waals surface area (Å²) in [5.74, 6) is 0. The van der Waals surface area contributed by atoms with E-state index in [1.807, 2.05) is 0 Å². The summed E-state index contributed by atoms with van der Waals surface area (Å²) >= 11 is 12.2. The monoisotopic (exact) mass is 358 g/mol. The van der Waals surface area contributed by atoms with Crippen molar-refractivity contribution in [2.24, 2.45) is 0 Å². The third-order valence-electron chi connectivity index (χ3n) is 3.42. The predicted octanol–water partition coefficient (Wildman–Crippen LogP) is 4.58. The fourth-order valence-electron chi connectivity index (χ4n) is 2.59. The molecule has 1 N–H and O–H groups in total. The van der Waals surface area contributed by atoms with Crippen LogP contribution in [0.5, 0.6) is 0 Å². The molecule has 0 aromatic heterocycles. The van der Waals surface area contributed by atoms with Gasteiger partial charge in [-0.1, -0.05) is 36.5 Å². The summed E-state index contributed by atoms with van der Waals surface area (Å²) in [6, 6.07) is 6.34. The lowest BCUT2D eigenvalue weighted by atomic mass is 10.00. The van der Waals surface area contributed by atoms with Crippen molar-refractivity contribution >= 4 is 48.0 Å². The highest BCUT2D eigenvalue weighted by Gasteiger charge is 2.21. The van der Waals surface area contributed by atoms with Crippen LogP contribution in [0.4, 0.5) is 0 Å². The molecule has 1 aromatic carbocycles. The van der Waals surface area contributed by atoms with Crippen LogP contribution in [-0.4, -0.2) is 31.1 Å². The molecule has 0 bridgehead atoms. The third kappa shape index (κ3) is 5.59. The zero-order valence-corrected chi connectivity index (χ0v) is 14.7. The molecule has 0 saturated carbocycles. The van der Waals surface area contributed by atoms with Gasteiger partial charge in [-0.2, -0.15) is 0 Å². The molecule has 1 saturated heterocycles. The zero-order valence-electron chi connectivity index (χ0n) is 11.6. The van der Waals surface area contributed by atoms with Crippen molar-refractivity contribution in [1.82, 2.24) is 10.2 Å². The van der Waals surface area contributed by atoms with E-state index in [9.17, 15) is 0 Å². The SMILES string of the molecule is CCC[C@H](c1cc(Cl)cc(Cl)c1)N1CCNCC1.Cl.Cl. The van der Waals surface area contributed by atoms with Gasteiger partial charge in [0.15, 0.2) is 0 Å². The Bertz CT molecular complexity index is 375. The average Bonchev–Trinajstić information content (AvgIpc) is 2.36. The molecule has 1 fully saturated rings. The van der Waals surface area contributed by atoms with Crippen molar-refractivity contribution in [3.63, 3.8) is 0 Å². The summed E-state index contributed by atoms with van der Waals surface area (Å²) in [4.78, 5) is 2.53. The molecule has 1 aromatic rings. The summed E-state index contributed by atoms with van der Waals surface area (Å²) in [5.41, 5.74) is 1.25. The van der Waals surface area contributed by atoms with Crippen LogP contribution >= 0.6 is 48.0 Å². The number of nitrogens with zero attached hydrogens (tertiary/aromatic N) is 1. The molecular formula is C14H22Cl4N2. The summed E-state index contributed by atoms with van der Waals surface area (Å²) in [6.45, 7) is 6.54. The number of benzene rings is 1. The summed E-state index contributed by atoms with van der Waals surface area (Å²) in [7, 11) is 0. The number of halogens is 4.